The SMILES string of the molecule is CNc1nc(C)c(-c2ccc(OC)c(OCC3CCN(C4CCC4)C3)c2)c(N)n1. The molecule has 2 heterocycles. The Morgan fingerprint density at radius 2 is 2.03 bits per heavy atom. The van der Waals surface area contributed by atoms with Crippen LogP contribution in [0.15, 0.2) is 18.2 Å². The number of nitrogens with two attached hydrogens (primary N) is 1. The number of nitrogen functional groups attached to an aromatic ring is 1. The second-order valence-corrected chi connectivity index (χ2v) is 8.05. The molecule has 1 aliphatic heterocycles. The summed E-state index contributed by atoms with van der Waals surface area (Å²) in [7, 11) is 3.45. The Morgan fingerprint density at radius 1 is 1.21 bits per heavy atom. The first-order valence-corrected chi connectivity index (χ1v) is 10.5. The van der Waals surface area contributed by atoms with E-state index in [1.807, 2.05) is 25.1 Å². The number of hydrogen-bond acceptors (Lipinski definition) is 7. The molecule has 0 radical (unpaired) electrons. The highest BCUT2D eigenvalue weighted by Gasteiger charge is 2.31. The maximum atomic E-state index is 6.23. The molecule has 7 nitrogen and oxygen atoms in total. The first-order chi connectivity index (χ1) is 14.1. The van der Waals surface area contributed by atoms with Gasteiger partial charge in [-0.2, -0.15) is 4.98 Å². The maximum Gasteiger partial charge on any atom is 0.224 e. The van der Waals surface area contributed by atoms with E-state index in [0.717, 1.165) is 40.9 Å². The average Bonchev–Trinajstić information content (AvgIpc) is 3.12. The van der Waals surface area contributed by atoms with Gasteiger partial charge in [0.15, 0.2) is 11.5 Å². The van der Waals surface area contributed by atoms with Gasteiger partial charge < -0.3 is 20.5 Å². The van der Waals surface area contributed by atoms with Gasteiger partial charge in [-0.1, -0.05) is 12.5 Å². The molecule has 7 heteroatoms. The predicted molar refractivity (Wildman–Crippen MR) is 116 cm³/mol. The lowest BCUT2D eigenvalue weighted by atomic mass is 9.92. The van der Waals surface area contributed by atoms with Crippen molar-refractivity contribution in [2.75, 3.05) is 44.9 Å². The summed E-state index contributed by atoms with van der Waals surface area (Å²) in [5, 5.41) is 2.94. The van der Waals surface area contributed by atoms with Crippen LogP contribution in [0.3, 0.4) is 0 Å². The molecule has 2 aromatic rings. The molecule has 2 aliphatic rings. The number of methoxy groups -OCH3 is 1. The van der Waals surface area contributed by atoms with Gasteiger partial charge in [0.05, 0.1) is 19.4 Å². The third kappa shape index (κ3) is 4.10. The molecule has 1 saturated heterocycles. The van der Waals surface area contributed by atoms with Crippen molar-refractivity contribution in [2.24, 2.45) is 5.92 Å². The van der Waals surface area contributed by atoms with Gasteiger partial charge in [0.2, 0.25) is 5.95 Å². The Bertz CT molecular complexity index is 845. The van der Waals surface area contributed by atoms with Crippen molar-refractivity contribution in [1.29, 1.82) is 0 Å². The van der Waals surface area contributed by atoms with Gasteiger partial charge in [0.25, 0.3) is 0 Å². The number of anilines is 2. The third-order valence-electron chi connectivity index (χ3n) is 6.18. The molecule has 0 spiro atoms. The van der Waals surface area contributed by atoms with Gasteiger partial charge >= 0.3 is 0 Å². The van der Waals surface area contributed by atoms with Crippen molar-refractivity contribution in [2.45, 2.75) is 38.6 Å². The second kappa shape index (κ2) is 8.45. The highest BCUT2D eigenvalue weighted by atomic mass is 16.5. The minimum atomic E-state index is 0.449. The van der Waals surface area contributed by atoms with Crippen molar-refractivity contribution >= 4 is 11.8 Å². The molecule has 1 saturated carbocycles. The van der Waals surface area contributed by atoms with Crippen LogP contribution in [0.5, 0.6) is 11.5 Å². The summed E-state index contributed by atoms with van der Waals surface area (Å²) < 4.78 is 11.8. The highest BCUT2D eigenvalue weighted by Crippen LogP contribution is 2.36. The summed E-state index contributed by atoms with van der Waals surface area (Å²) in [5.41, 5.74) is 8.80. The fraction of sp³-hybridized carbons (Fsp3) is 0.545. The van der Waals surface area contributed by atoms with Crippen molar-refractivity contribution in [3.8, 4) is 22.6 Å². The molecule has 1 aromatic carbocycles. The van der Waals surface area contributed by atoms with Crippen LogP contribution in [-0.4, -0.2) is 54.8 Å². The van der Waals surface area contributed by atoms with Crippen LogP contribution in [0.2, 0.25) is 0 Å². The second-order valence-electron chi connectivity index (χ2n) is 8.05. The number of likely N-dealkylation sites (tertiary alicyclic amines) is 1. The lowest BCUT2D eigenvalue weighted by molar-refractivity contribution is 0.145. The highest BCUT2D eigenvalue weighted by molar-refractivity contribution is 5.78. The van der Waals surface area contributed by atoms with E-state index >= 15 is 0 Å². The van der Waals surface area contributed by atoms with Gasteiger partial charge in [-0.15, -0.1) is 0 Å². The number of hydrogen-bond donors (Lipinski definition) is 2. The monoisotopic (exact) mass is 397 g/mol. The van der Waals surface area contributed by atoms with Gasteiger partial charge in [0.1, 0.15) is 5.82 Å². The quantitative estimate of drug-likeness (QED) is 0.741. The van der Waals surface area contributed by atoms with E-state index in [9.17, 15) is 0 Å². The zero-order valence-corrected chi connectivity index (χ0v) is 17.6. The van der Waals surface area contributed by atoms with Crippen molar-refractivity contribution in [3.05, 3.63) is 23.9 Å². The van der Waals surface area contributed by atoms with Crippen LogP contribution in [0.1, 0.15) is 31.4 Å². The van der Waals surface area contributed by atoms with Crippen molar-refractivity contribution in [3.63, 3.8) is 0 Å². The summed E-state index contributed by atoms with van der Waals surface area (Å²) in [5.74, 6) is 3.00. The number of nitrogens with zero attached hydrogens (tertiary/aromatic N) is 3. The third-order valence-corrected chi connectivity index (χ3v) is 6.18. The standard InChI is InChI=1S/C22H31N5O2/c1-14-20(21(23)26-22(24-2)25-14)16-7-8-18(28-3)19(11-16)29-13-15-9-10-27(12-15)17-5-4-6-17/h7-8,11,15,17H,4-6,9-10,12-13H2,1-3H3,(H3,23,24,25,26). The maximum absolute atomic E-state index is 6.23. The molecule has 0 amide bonds. The lowest BCUT2D eigenvalue weighted by Crippen LogP contribution is -2.38. The summed E-state index contributed by atoms with van der Waals surface area (Å²) >= 11 is 0. The van der Waals surface area contributed by atoms with Crippen LogP contribution < -0.4 is 20.5 Å². The number of rotatable bonds is 7. The molecular weight excluding hydrogens is 366 g/mol. The van der Waals surface area contributed by atoms with Crippen molar-refractivity contribution in [1.82, 2.24) is 14.9 Å². The van der Waals surface area contributed by atoms with Gasteiger partial charge in [-0.25, -0.2) is 4.98 Å². The molecular formula is C22H31N5O2. The summed E-state index contributed by atoms with van der Waals surface area (Å²) in [6.45, 7) is 4.97. The minimum Gasteiger partial charge on any atom is -0.493 e. The van der Waals surface area contributed by atoms with Gasteiger partial charge in [-0.3, -0.25) is 4.90 Å². The van der Waals surface area contributed by atoms with E-state index in [1.54, 1.807) is 14.2 Å². The van der Waals surface area contributed by atoms with Gasteiger partial charge in [-0.05, 0) is 50.4 Å². The smallest absolute Gasteiger partial charge is 0.224 e. The molecule has 1 aliphatic carbocycles. The van der Waals surface area contributed by atoms with Crippen LogP contribution in [0, 0.1) is 12.8 Å². The first-order valence-electron chi connectivity index (χ1n) is 10.5. The first kappa shape index (κ1) is 19.8. The molecule has 3 N–H and O–H groups in total. The fourth-order valence-corrected chi connectivity index (χ4v) is 4.30. The lowest BCUT2D eigenvalue weighted by Gasteiger charge is -2.34. The Kier molecular flexibility index (Phi) is 5.76. The average molecular weight is 398 g/mol. The molecule has 29 heavy (non-hydrogen) atoms. The molecule has 1 aromatic heterocycles. The molecule has 4 rings (SSSR count). The fourth-order valence-electron chi connectivity index (χ4n) is 4.30. The zero-order valence-electron chi connectivity index (χ0n) is 17.6. The van der Waals surface area contributed by atoms with E-state index in [-0.39, 0.29) is 0 Å². The summed E-state index contributed by atoms with van der Waals surface area (Å²) in [6, 6.07) is 6.69. The molecule has 0 bridgehead atoms. The summed E-state index contributed by atoms with van der Waals surface area (Å²) in [4.78, 5) is 11.4. The van der Waals surface area contributed by atoms with E-state index in [4.69, 9.17) is 15.2 Å². The number of aromatic nitrogens is 2. The largest absolute Gasteiger partial charge is 0.493 e. The van der Waals surface area contributed by atoms with Crippen LogP contribution in [0.4, 0.5) is 11.8 Å². The Hall–Kier alpha value is -2.54. The Balaban J connectivity index is 1.50. The van der Waals surface area contributed by atoms with E-state index < -0.39 is 0 Å². The minimum absolute atomic E-state index is 0.449. The van der Waals surface area contributed by atoms with Crippen molar-refractivity contribution < 1.29 is 9.47 Å². The normalized spacial score (nSPS) is 19.8. The Labute approximate surface area is 172 Å². The molecule has 156 valence electrons. The molecule has 1 atom stereocenters. The predicted octanol–water partition coefficient (Wildman–Crippen LogP) is 3.34. The number of benzene rings is 1. The van der Waals surface area contributed by atoms with Gasteiger partial charge in [0, 0.05) is 31.1 Å². The Morgan fingerprint density at radius 3 is 2.69 bits per heavy atom. The topological polar surface area (TPSA) is 85.5 Å². The number of nitrogens with one attached hydrogen (secondary N) is 1. The van der Waals surface area contributed by atoms with E-state index in [1.165, 1.54) is 32.2 Å². The van der Waals surface area contributed by atoms with Crippen LogP contribution in [-0.2, 0) is 0 Å². The molecule has 1 unspecified atom stereocenters. The molecule has 2 fully saturated rings. The zero-order chi connectivity index (χ0) is 20.4. The number of ether oxygens (including phenoxy) is 2. The van der Waals surface area contributed by atoms with E-state index in [2.05, 4.69) is 20.2 Å². The number of aryl methyl sites for hydroxylation is 1. The van der Waals surface area contributed by atoms with E-state index in [0.29, 0.717) is 24.3 Å². The van der Waals surface area contributed by atoms with Crippen LogP contribution >= 0.6 is 0 Å². The van der Waals surface area contributed by atoms with Crippen LogP contribution in [0.25, 0.3) is 11.1 Å². The summed E-state index contributed by atoms with van der Waals surface area (Å²) in [6.07, 6.45) is 5.30.